The number of carbonyl (C=O) groups is 2. The third-order valence-electron chi connectivity index (χ3n) is 8.27. The van der Waals surface area contributed by atoms with Crippen LogP contribution in [-0.4, -0.2) is 52.7 Å². The van der Waals surface area contributed by atoms with Crippen molar-refractivity contribution in [2.75, 3.05) is 11.8 Å². The Balaban J connectivity index is 1.83. The Kier molecular flexibility index (Phi) is 10.3. The van der Waals surface area contributed by atoms with Crippen molar-refractivity contribution in [3.05, 3.63) is 83.3 Å². The summed E-state index contributed by atoms with van der Waals surface area (Å²) in [6, 6.07) is 13.5. The molecule has 11 nitrogen and oxygen atoms in total. The molecule has 2 heterocycles. The number of unbranched alkanes of at least 4 members (excludes halogenated alkanes) is 1. The van der Waals surface area contributed by atoms with Gasteiger partial charge in [-0.05, 0) is 49.6 Å². The molecule has 12 heteroatoms. The molecule has 0 bridgehead atoms. The predicted octanol–water partition coefficient (Wildman–Crippen LogP) is 5.18. The maximum Gasteiger partial charge on any atom is 0.314 e. The average Bonchev–Trinajstić information content (AvgIpc) is 3.60. The van der Waals surface area contributed by atoms with E-state index in [2.05, 4.69) is 15.0 Å². The van der Waals surface area contributed by atoms with Gasteiger partial charge in [0.15, 0.2) is 6.04 Å². The van der Waals surface area contributed by atoms with Crippen LogP contribution in [0.3, 0.4) is 0 Å². The van der Waals surface area contributed by atoms with Crippen molar-refractivity contribution in [3.8, 4) is 11.1 Å². The summed E-state index contributed by atoms with van der Waals surface area (Å²) in [5.74, 6) is -0.669. The van der Waals surface area contributed by atoms with E-state index in [1.165, 1.54) is 0 Å². The van der Waals surface area contributed by atoms with Gasteiger partial charge in [-0.25, -0.2) is 22.4 Å². The molecule has 0 radical (unpaired) electrons. The van der Waals surface area contributed by atoms with Crippen molar-refractivity contribution in [1.82, 2.24) is 14.9 Å². The number of aromatic nitrogens is 3. The normalized spacial score (nSPS) is 13.8. The van der Waals surface area contributed by atoms with Crippen LogP contribution in [0.5, 0.6) is 0 Å². The maximum absolute atomic E-state index is 13.7. The average molecular weight is 636 g/mol. The number of nitrogens with zero attached hydrogens (tertiary/aromatic N) is 4. The number of anilines is 1. The molecule has 0 fully saturated rings. The summed E-state index contributed by atoms with van der Waals surface area (Å²) in [4.78, 5) is 26.5. The highest BCUT2D eigenvalue weighted by atomic mass is 32.2. The Hall–Kier alpha value is -4.29. The number of nitrogens with two attached hydrogens (primary N) is 1. The fourth-order valence-electron chi connectivity index (χ4n) is 5.89. The number of aryl methyl sites for hydroxylation is 1. The summed E-state index contributed by atoms with van der Waals surface area (Å²) in [6.07, 6.45) is 5.40. The number of sulfonamides is 1. The number of carbonyl (C=O) groups excluding carboxylic acids is 2. The van der Waals surface area contributed by atoms with Gasteiger partial charge in [-0.3, -0.25) is 9.48 Å². The van der Waals surface area contributed by atoms with E-state index in [4.69, 9.17) is 10.3 Å². The third-order valence-corrected chi connectivity index (χ3v) is 9.66. The van der Waals surface area contributed by atoms with Gasteiger partial charge in [0.1, 0.15) is 6.54 Å². The number of amides is 2. The fourth-order valence-corrected chi connectivity index (χ4v) is 7.16. The lowest BCUT2D eigenvalue weighted by molar-refractivity contribution is -0.868. The van der Waals surface area contributed by atoms with Crippen LogP contribution >= 0.6 is 0 Å². The molecule has 0 aliphatic heterocycles. The highest BCUT2D eigenvalue weighted by Gasteiger charge is 2.45. The second-order valence-electron chi connectivity index (χ2n) is 12.0. The lowest BCUT2D eigenvalue weighted by Crippen LogP contribution is -2.62. The predicted molar refractivity (Wildman–Crippen MR) is 172 cm³/mol. The second-order valence-corrected chi connectivity index (χ2v) is 13.7. The molecule has 4 rings (SSSR count). The Bertz CT molecular complexity index is 1760. The number of rotatable bonds is 14. The van der Waals surface area contributed by atoms with Gasteiger partial charge in [-0.2, -0.15) is 5.10 Å². The molecule has 4 aromatic rings. The number of benzene rings is 2. The van der Waals surface area contributed by atoms with E-state index in [1.54, 1.807) is 56.0 Å². The van der Waals surface area contributed by atoms with E-state index in [9.17, 15) is 18.0 Å². The van der Waals surface area contributed by atoms with E-state index < -0.39 is 22.0 Å². The minimum Gasteiger partial charge on any atom is -0.364 e. The molecule has 2 atom stereocenters. The highest BCUT2D eigenvalue weighted by Crippen LogP contribution is 2.34. The molecule has 0 saturated carbocycles. The van der Waals surface area contributed by atoms with Crippen LogP contribution in [0, 0.1) is 19.8 Å². The van der Waals surface area contributed by atoms with Crippen molar-refractivity contribution < 1.29 is 27.0 Å². The van der Waals surface area contributed by atoms with Crippen molar-refractivity contribution in [3.63, 3.8) is 0 Å². The van der Waals surface area contributed by atoms with E-state index in [-0.39, 0.29) is 33.6 Å². The second kappa shape index (κ2) is 13.8. The number of likely N-dealkylation sites (N-methyl/N-ethyl adjacent to an activating group) is 1. The van der Waals surface area contributed by atoms with Crippen LogP contribution in [0.4, 0.5) is 5.88 Å². The van der Waals surface area contributed by atoms with Crippen molar-refractivity contribution in [2.24, 2.45) is 11.7 Å². The zero-order chi connectivity index (χ0) is 32.9. The van der Waals surface area contributed by atoms with Gasteiger partial charge in [0, 0.05) is 35.0 Å². The molecule has 0 spiro atoms. The topological polar surface area (TPSA) is 150 Å². The minimum atomic E-state index is -4.07. The summed E-state index contributed by atoms with van der Waals surface area (Å²) in [7, 11) is -2.29. The van der Waals surface area contributed by atoms with Crippen LogP contribution in [-0.2, 0) is 32.7 Å². The maximum atomic E-state index is 13.7. The molecule has 2 aromatic carbocycles. The molecule has 3 N–H and O–H groups in total. The van der Waals surface area contributed by atoms with Crippen molar-refractivity contribution >= 4 is 27.7 Å². The van der Waals surface area contributed by atoms with Gasteiger partial charge < -0.3 is 10.3 Å². The van der Waals surface area contributed by atoms with Crippen LogP contribution in [0.2, 0.25) is 0 Å². The molecule has 0 aliphatic rings. The van der Waals surface area contributed by atoms with Gasteiger partial charge in [0.25, 0.3) is 15.9 Å². The van der Waals surface area contributed by atoms with Crippen LogP contribution < -0.4 is 10.5 Å². The number of hydrogen-bond donors (Lipinski definition) is 2. The minimum absolute atomic E-state index is 0.0486. The summed E-state index contributed by atoms with van der Waals surface area (Å²) in [5.41, 5.74) is 9.86. The van der Waals surface area contributed by atoms with Gasteiger partial charge >= 0.3 is 5.91 Å². The van der Waals surface area contributed by atoms with Crippen molar-refractivity contribution in [1.29, 1.82) is 0 Å². The highest BCUT2D eigenvalue weighted by molar-refractivity contribution is 7.92. The first-order chi connectivity index (χ1) is 21.3. The van der Waals surface area contributed by atoms with E-state index in [0.29, 0.717) is 41.8 Å². The van der Waals surface area contributed by atoms with Crippen LogP contribution in [0.15, 0.2) is 70.3 Å². The number of primary amides is 1. The third kappa shape index (κ3) is 7.34. The molecular formula is C33H43N6O5S+. The molecule has 0 aliphatic carbocycles. The molecule has 0 saturated heterocycles. The first kappa shape index (κ1) is 33.6. The number of nitrogens with one attached hydrogen (secondary N) is 1. The summed E-state index contributed by atoms with van der Waals surface area (Å²) < 4.78 is 36.8. The summed E-state index contributed by atoms with van der Waals surface area (Å²) in [5, 5.41) is 8.24. The van der Waals surface area contributed by atoms with Crippen LogP contribution in [0.1, 0.15) is 62.4 Å². The quantitative estimate of drug-likeness (QED) is 0.181. The summed E-state index contributed by atoms with van der Waals surface area (Å²) >= 11 is 0. The van der Waals surface area contributed by atoms with Crippen molar-refractivity contribution in [2.45, 2.75) is 77.9 Å². The zero-order valence-corrected chi connectivity index (χ0v) is 27.6. The first-order valence-electron chi connectivity index (χ1n) is 15.1. The standard InChI is InChI=1S/C33H42N6O5S/c1-7-8-14-30(40)39(6,31(22(2)3)32(34)41)21-25-15-16-27(26(19-25)20-38-18-11-17-35-38)28-12-9-10-13-29(28)45(42,43)37-33-23(4)24(5)36-44-33/h9-13,15-19,22,31H,7-8,14,20-21H2,1-6H3,(H2-,34,36,37,41)/p+1/t31-,39?/m0/s1. The van der Waals surface area contributed by atoms with E-state index in [1.807, 2.05) is 51.2 Å². The lowest BCUT2D eigenvalue weighted by Gasteiger charge is -2.39. The Morgan fingerprint density at radius 2 is 1.82 bits per heavy atom. The van der Waals surface area contributed by atoms with Crippen LogP contribution in [0.25, 0.3) is 11.1 Å². The molecule has 1 unspecified atom stereocenters. The van der Waals surface area contributed by atoms with Gasteiger partial charge in [-0.1, -0.05) is 62.7 Å². The SMILES string of the molecule is CCCCC(=O)[N+](C)(Cc1ccc(-c2ccccc2S(=O)(=O)Nc2onc(C)c2C)c(Cn2cccn2)c1)[C@H](C(N)=O)C(C)C. The number of hydrogen-bond acceptors (Lipinski definition) is 7. The first-order valence-corrected chi connectivity index (χ1v) is 16.6. The molecule has 2 aromatic heterocycles. The summed E-state index contributed by atoms with van der Waals surface area (Å²) in [6.45, 7) is 9.88. The Morgan fingerprint density at radius 3 is 2.42 bits per heavy atom. The van der Waals surface area contributed by atoms with E-state index >= 15 is 0 Å². The molecule has 45 heavy (non-hydrogen) atoms. The Morgan fingerprint density at radius 1 is 1.09 bits per heavy atom. The number of quaternary nitrogens is 1. The van der Waals surface area contributed by atoms with Gasteiger partial charge in [0.2, 0.25) is 5.88 Å². The lowest BCUT2D eigenvalue weighted by atomic mass is 9.94. The monoisotopic (exact) mass is 635 g/mol. The molecular weight excluding hydrogens is 592 g/mol. The molecule has 2 amide bonds. The largest absolute Gasteiger partial charge is 0.364 e. The van der Waals surface area contributed by atoms with Gasteiger partial charge in [-0.15, -0.1) is 0 Å². The molecule has 240 valence electrons. The van der Waals surface area contributed by atoms with Gasteiger partial charge in [0.05, 0.1) is 30.6 Å². The smallest absolute Gasteiger partial charge is 0.314 e. The zero-order valence-electron chi connectivity index (χ0n) is 26.8. The Labute approximate surface area is 265 Å². The van der Waals surface area contributed by atoms with E-state index in [0.717, 1.165) is 17.5 Å². The fraction of sp³-hybridized carbons (Fsp3) is 0.394.